The fraction of sp³-hybridized carbons (Fsp3) is 0.533. The van der Waals surface area contributed by atoms with Gasteiger partial charge in [-0.25, -0.2) is 0 Å². The highest BCUT2D eigenvalue weighted by Gasteiger charge is 2.29. The van der Waals surface area contributed by atoms with Gasteiger partial charge >= 0.3 is 0 Å². The number of benzene rings is 1. The minimum absolute atomic E-state index is 0.619. The Balaban J connectivity index is 2.13. The molecule has 1 aliphatic rings. The van der Waals surface area contributed by atoms with Crippen LogP contribution in [0.1, 0.15) is 57.2 Å². The maximum Gasteiger partial charge on any atom is 0.0926 e. The van der Waals surface area contributed by atoms with E-state index in [0.717, 1.165) is 5.52 Å². The predicted octanol–water partition coefficient (Wildman–Crippen LogP) is 4.27. The molecule has 2 aromatic rings. The first kappa shape index (κ1) is 10.8. The average Bonchev–Trinajstić information content (AvgIpc) is 3.09. The van der Waals surface area contributed by atoms with E-state index in [4.69, 9.17) is 5.10 Å². The van der Waals surface area contributed by atoms with Gasteiger partial charge in [0, 0.05) is 11.1 Å². The Labute approximate surface area is 103 Å². The molecule has 0 amide bonds. The molecule has 1 atom stereocenters. The molecule has 1 heterocycles. The first-order chi connectivity index (χ1) is 8.31. The fourth-order valence-corrected chi connectivity index (χ4v) is 2.73. The van der Waals surface area contributed by atoms with Crippen LogP contribution < -0.4 is 0 Å². The van der Waals surface area contributed by atoms with Crippen molar-refractivity contribution < 1.29 is 0 Å². The normalized spacial score (nSPS) is 17.5. The lowest BCUT2D eigenvalue weighted by molar-refractivity contribution is 0.552. The Morgan fingerprint density at radius 2 is 2.12 bits per heavy atom. The maximum absolute atomic E-state index is 4.79. The van der Waals surface area contributed by atoms with E-state index < -0.39 is 0 Å². The Morgan fingerprint density at radius 1 is 1.35 bits per heavy atom. The highest BCUT2D eigenvalue weighted by atomic mass is 15.3. The van der Waals surface area contributed by atoms with Crippen molar-refractivity contribution in [2.45, 2.75) is 51.5 Å². The first-order valence-electron chi connectivity index (χ1n) is 6.78. The van der Waals surface area contributed by atoms with Crippen molar-refractivity contribution in [3.05, 3.63) is 30.0 Å². The van der Waals surface area contributed by atoms with Gasteiger partial charge in [-0.3, -0.25) is 4.68 Å². The molecule has 90 valence electrons. The summed E-state index contributed by atoms with van der Waals surface area (Å²) in [5.74, 6) is 0.619. The quantitative estimate of drug-likeness (QED) is 0.764. The second-order valence-electron chi connectivity index (χ2n) is 5.27. The predicted molar refractivity (Wildman–Crippen MR) is 71.3 cm³/mol. The Hall–Kier alpha value is -1.31. The lowest BCUT2D eigenvalue weighted by Gasteiger charge is -2.13. The molecule has 1 aromatic heterocycles. The van der Waals surface area contributed by atoms with E-state index in [1.54, 1.807) is 0 Å². The van der Waals surface area contributed by atoms with Gasteiger partial charge < -0.3 is 0 Å². The van der Waals surface area contributed by atoms with Crippen LogP contribution in [0.5, 0.6) is 0 Å². The van der Waals surface area contributed by atoms with Crippen molar-refractivity contribution in [1.29, 1.82) is 0 Å². The monoisotopic (exact) mass is 228 g/mol. The molecule has 0 spiro atoms. The summed E-state index contributed by atoms with van der Waals surface area (Å²) in [7, 11) is 0. The van der Waals surface area contributed by atoms with Crippen LogP contribution in [0.4, 0.5) is 0 Å². The largest absolute Gasteiger partial charge is 0.265 e. The van der Waals surface area contributed by atoms with Crippen LogP contribution in [-0.4, -0.2) is 9.78 Å². The number of hydrogen-bond donors (Lipinski definition) is 0. The third-order valence-corrected chi connectivity index (χ3v) is 3.72. The lowest BCUT2D eigenvalue weighted by Crippen LogP contribution is -2.06. The molecule has 2 heteroatoms. The summed E-state index contributed by atoms with van der Waals surface area (Å²) in [4.78, 5) is 0. The van der Waals surface area contributed by atoms with E-state index in [9.17, 15) is 0 Å². The zero-order chi connectivity index (χ0) is 11.8. The van der Waals surface area contributed by atoms with Gasteiger partial charge in [0.25, 0.3) is 0 Å². The van der Waals surface area contributed by atoms with Crippen LogP contribution in [0, 0.1) is 0 Å². The van der Waals surface area contributed by atoms with Crippen LogP contribution in [-0.2, 0) is 0 Å². The molecule has 1 aromatic carbocycles. The molecule has 1 aliphatic carbocycles. The van der Waals surface area contributed by atoms with E-state index in [2.05, 4.69) is 42.8 Å². The van der Waals surface area contributed by atoms with E-state index in [-0.39, 0.29) is 0 Å². The summed E-state index contributed by atoms with van der Waals surface area (Å²) >= 11 is 0. The minimum atomic E-state index is 0.619. The van der Waals surface area contributed by atoms with Gasteiger partial charge in [-0.15, -0.1) is 0 Å². The summed E-state index contributed by atoms with van der Waals surface area (Å²) in [5, 5.41) is 6.16. The third kappa shape index (κ3) is 1.86. The molecular weight excluding hydrogens is 208 g/mol. The second kappa shape index (κ2) is 4.17. The second-order valence-corrected chi connectivity index (χ2v) is 5.27. The molecule has 0 aliphatic heterocycles. The van der Waals surface area contributed by atoms with Crippen molar-refractivity contribution in [1.82, 2.24) is 9.78 Å². The van der Waals surface area contributed by atoms with Gasteiger partial charge in [-0.05, 0) is 31.2 Å². The van der Waals surface area contributed by atoms with Gasteiger partial charge in [0.15, 0.2) is 0 Å². The van der Waals surface area contributed by atoms with Gasteiger partial charge in [0.05, 0.1) is 11.6 Å². The van der Waals surface area contributed by atoms with E-state index >= 15 is 0 Å². The highest BCUT2D eigenvalue weighted by Crippen LogP contribution is 2.40. The van der Waals surface area contributed by atoms with Crippen molar-refractivity contribution >= 4 is 10.9 Å². The Bertz CT molecular complexity index is 523. The van der Waals surface area contributed by atoms with Crippen molar-refractivity contribution in [3.8, 4) is 0 Å². The topological polar surface area (TPSA) is 17.8 Å². The van der Waals surface area contributed by atoms with Crippen molar-refractivity contribution in [3.63, 3.8) is 0 Å². The zero-order valence-electron chi connectivity index (χ0n) is 10.7. The van der Waals surface area contributed by atoms with Crippen LogP contribution in [0.25, 0.3) is 10.9 Å². The number of hydrogen-bond acceptors (Lipinski definition) is 1. The summed E-state index contributed by atoms with van der Waals surface area (Å²) in [6.07, 6.45) is 5.10. The number of rotatable bonds is 4. The van der Waals surface area contributed by atoms with Crippen LogP contribution >= 0.6 is 0 Å². The standard InChI is InChI=1S/C15H20N2/c1-3-6-11(2)15-13-7-4-5-8-14(13)16-17(15)12-9-10-12/h4-5,7-8,11-12H,3,6,9-10H2,1-2H3. The van der Waals surface area contributed by atoms with Crippen LogP contribution in [0.15, 0.2) is 24.3 Å². The number of fused-ring (bicyclic) bond motifs is 1. The molecular formula is C15H20N2. The fourth-order valence-electron chi connectivity index (χ4n) is 2.73. The van der Waals surface area contributed by atoms with Gasteiger partial charge in [-0.2, -0.15) is 5.10 Å². The van der Waals surface area contributed by atoms with Crippen LogP contribution in [0.2, 0.25) is 0 Å². The summed E-state index contributed by atoms with van der Waals surface area (Å²) < 4.78 is 2.31. The van der Waals surface area contributed by atoms with E-state index in [1.807, 2.05) is 0 Å². The molecule has 0 N–H and O–H groups in total. The molecule has 0 bridgehead atoms. The molecule has 3 rings (SSSR count). The lowest BCUT2D eigenvalue weighted by atomic mass is 9.99. The molecule has 17 heavy (non-hydrogen) atoms. The maximum atomic E-state index is 4.79. The average molecular weight is 228 g/mol. The highest BCUT2D eigenvalue weighted by molar-refractivity contribution is 5.82. The van der Waals surface area contributed by atoms with Gasteiger partial charge in [0.1, 0.15) is 0 Å². The molecule has 1 saturated carbocycles. The van der Waals surface area contributed by atoms with Gasteiger partial charge in [0.2, 0.25) is 0 Å². The van der Waals surface area contributed by atoms with Gasteiger partial charge in [-0.1, -0.05) is 38.5 Å². The van der Waals surface area contributed by atoms with E-state index in [0.29, 0.717) is 12.0 Å². The molecule has 0 radical (unpaired) electrons. The molecule has 2 nitrogen and oxygen atoms in total. The first-order valence-corrected chi connectivity index (χ1v) is 6.78. The zero-order valence-corrected chi connectivity index (χ0v) is 10.7. The minimum Gasteiger partial charge on any atom is -0.265 e. The summed E-state index contributed by atoms with van der Waals surface area (Å²) in [5.41, 5.74) is 2.63. The number of aromatic nitrogens is 2. The third-order valence-electron chi connectivity index (χ3n) is 3.72. The Kier molecular flexibility index (Phi) is 2.65. The van der Waals surface area contributed by atoms with Crippen LogP contribution in [0.3, 0.4) is 0 Å². The van der Waals surface area contributed by atoms with E-state index in [1.165, 1.54) is 36.8 Å². The smallest absolute Gasteiger partial charge is 0.0926 e. The molecule has 1 unspecified atom stereocenters. The SMILES string of the molecule is CCCC(C)c1c2ccccc2nn1C1CC1. The van der Waals surface area contributed by atoms with Crippen molar-refractivity contribution in [2.75, 3.05) is 0 Å². The van der Waals surface area contributed by atoms with Crippen molar-refractivity contribution in [2.24, 2.45) is 0 Å². The Morgan fingerprint density at radius 3 is 2.82 bits per heavy atom. The number of nitrogens with zero attached hydrogens (tertiary/aromatic N) is 2. The summed E-state index contributed by atoms with van der Waals surface area (Å²) in [6.45, 7) is 4.60. The molecule has 1 fully saturated rings. The summed E-state index contributed by atoms with van der Waals surface area (Å²) in [6, 6.07) is 9.25. The molecule has 0 saturated heterocycles.